The monoisotopic (exact) mass is 199 g/mol. The Labute approximate surface area is 82.5 Å². The van der Waals surface area contributed by atoms with E-state index in [-0.39, 0.29) is 10.7 Å². The quantitative estimate of drug-likeness (QED) is 0.651. The van der Waals surface area contributed by atoms with Crippen LogP contribution in [0.15, 0.2) is 24.4 Å². The predicted octanol–water partition coefficient (Wildman–Crippen LogP) is 2.19. The van der Waals surface area contributed by atoms with E-state index in [1.807, 2.05) is 20.8 Å². The highest BCUT2D eigenvalue weighted by Gasteiger charge is 2.17. The van der Waals surface area contributed by atoms with Crippen LogP contribution in [0, 0.1) is 0 Å². The Kier molecular flexibility index (Phi) is 4.21. The van der Waals surface area contributed by atoms with Crippen LogP contribution in [0.5, 0.6) is 0 Å². The van der Waals surface area contributed by atoms with Crippen LogP contribution in [-0.2, 0) is 4.74 Å². The Morgan fingerprint density at radius 3 is 2.43 bits per heavy atom. The van der Waals surface area contributed by atoms with Crippen LogP contribution in [0.3, 0.4) is 0 Å². The van der Waals surface area contributed by atoms with E-state index in [0.29, 0.717) is 5.69 Å². The van der Waals surface area contributed by atoms with Crippen molar-refractivity contribution in [1.82, 2.24) is 4.98 Å². The highest BCUT2D eigenvalue weighted by atomic mass is 19.0. The first-order chi connectivity index (χ1) is 5.99. The number of halogens is 1. The lowest BCUT2D eigenvalue weighted by atomic mass is 10.2. The summed E-state index contributed by atoms with van der Waals surface area (Å²) in [4.78, 5) is 15.3. The summed E-state index contributed by atoms with van der Waals surface area (Å²) in [5, 5.41) is 0. The summed E-state index contributed by atoms with van der Waals surface area (Å²) >= 11 is 0. The standard InChI is InChI=1S/C10H13NO2.FH/c1-10(2,3)13-9(12)8-6-4-5-7-11-8;/h4-7H,1-3H3;1H. The minimum atomic E-state index is -0.464. The minimum Gasteiger partial charge on any atom is -0.455 e. The van der Waals surface area contributed by atoms with Crippen LogP contribution in [0.2, 0.25) is 0 Å². The van der Waals surface area contributed by atoms with Crippen LogP contribution in [0.1, 0.15) is 31.3 Å². The van der Waals surface area contributed by atoms with E-state index in [1.165, 1.54) is 0 Å². The lowest BCUT2D eigenvalue weighted by molar-refractivity contribution is 0.00629. The zero-order chi connectivity index (χ0) is 9.90. The highest BCUT2D eigenvalue weighted by Crippen LogP contribution is 2.09. The second-order valence-electron chi connectivity index (χ2n) is 3.72. The van der Waals surface area contributed by atoms with E-state index < -0.39 is 5.60 Å². The van der Waals surface area contributed by atoms with Crippen molar-refractivity contribution in [3.05, 3.63) is 30.1 Å². The van der Waals surface area contributed by atoms with Gasteiger partial charge in [-0.3, -0.25) is 4.70 Å². The van der Waals surface area contributed by atoms with Gasteiger partial charge in [-0.25, -0.2) is 9.78 Å². The minimum absolute atomic E-state index is 0. The molecule has 0 unspecified atom stereocenters. The van der Waals surface area contributed by atoms with Gasteiger partial charge in [-0.05, 0) is 32.9 Å². The molecule has 0 amide bonds. The van der Waals surface area contributed by atoms with E-state index >= 15 is 0 Å². The van der Waals surface area contributed by atoms with E-state index in [4.69, 9.17) is 4.74 Å². The molecule has 0 spiro atoms. The van der Waals surface area contributed by atoms with Crippen LogP contribution < -0.4 is 0 Å². The van der Waals surface area contributed by atoms with E-state index in [0.717, 1.165) is 0 Å². The summed E-state index contributed by atoms with van der Waals surface area (Å²) < 4.78 is 5.12. The number of hydrogen-bond acceptors (Lipinski definition) is 3. The summed E-state index contributed by atoms with van der Waals surface area (Å²) in [7, 11) is 0. The molecule has 14 heavy (non-hydrogen) atoms. The third kappa shape index (κ3) is 3.98. The van der Waals surface area contributed by atoms with Crippen LogP contribution in [-0.4, -0.2) is 16.6 Å². The molecule has 1 rings (SSSR count). The van der Waals surface area contributed by atoms with Gasteiger partial charge < -0.3 is 4.74 Å². The zero-order valence-corrected chi connectivity index (χ0v) is 8.48. The molecule has 0 atom stereocenters. The first kappa shape index (κ1) is 12.6. The summed E-state index contributed by atoms with van der Waals surface area (Å²) in [5.41, 5.74) is -0.119. The van der Waals surface area contributed by atoms with Crippen molar-refractivity contribution in [2.24, 2.45) is 0 Å². The molecule has 1 heterocycles. The van der Waals surface area contributed by atoms with E-state index in [2.05, 4.69) is 4.98 Å². The average Bonchev–Trinajstić information content (AvgIpc) is 2.03. The van der Waals surface area contributed by atoms with Crippen molar-refractivity contribution in [2.75, 3.05) is 0 Å². The molecule has 0 aliphatic heterocycles. The number of rotatable bonds is 1. The van der Waals surface area contributed by atoms with Crippen molar-refractivity contribution >= 4 is 5.97 Å². The molecule has 0 radical (unpaired) electrons. The lowest BCUT2D eigenvalue weighted by Gasteiger charge is -2.18. The average molecular weight is 199 g/mol. The Morgan fingerprint density at radius 1 is 1.36 bits per heavy atom. The number of aromatic nitrogens is 1. The normalized spacial score (nSPS) is 10.2. The maximum atomic E-state index is 11.4. The van der Waals surface area contributed by atoms with Gasteiger partial charge in [0.25, 0.3) is 0 Å². The number of carbonyl (C=O) groups is 1. The number of esters is 1. The number of nitrogens with zero attached hydrogens (tertiary/aromatic N) is 1. The van der Waals surface area contributed by atoms with Gasteiger partial charge in [0, 0.05) is 6.20 Å². The molecule has 0 bridgehead atoms. The van der Waals surface area contributed by atoms with Gasteiger partial charge in [0.15, 0.2) is 0 Å². The van der Waals surface area contributed by atoms with Gasteiger partial charge in [-0.2, -0.15) is 0 Å². The first-order valence-corrected chi connectivity index (χ1v) is 4.13. The Bertz CT molecular complexity index is 293. The number of pyridine rings is 1. The molecule has 3 nitrogen and oxygen atoms in total. The van der Waals surface area contributed by atoms with Gasteiger partial charge in [0.1, 0.15) is 11.3 Å². The van der Waals surface area contributed by atoms with Crippen LogP contribution >= 0.6 is 0 Å². The Morgan fingerprint density at radius 2 is 2.00 bits per heavy atom. The molecule has 1 aromatic heterocycles. The zero-order valence-electron chi connectivity index (χ0n) is 8.48. The predicted molar refractivity (Wildman–Crippen MR) is 51.9 cm³/mol. The molecule has 0 aromatic carbocycles. The highest BCUT2D eigenvalue weighted by molar-refractivity contribution is 5.87. The van der Waals surface area contributed by atoms with Gasteiger partial charge in [-0.15, -0.1) is 0 Å². The molecule has 0 aliphatic rings. The maximum absolute atomic E-state index is 11.4. The second-order valence-corrected chi connectivity index (χ2v) is 3.72. The molecule has 0 aliphatic carbocycles. The lowest BCUT2D eigenvalue weighted by Crippen LogP contribution is -2.24. The Balaban J connectivity index is 0.00000169. The Hall–Kier alpha value is -1.45. The molecule has 4 heteroatoms. The number of hydrogen-bond donors (Lipinski definition) is 0. The first-order valence-electron chi connectivity index (χ1n) is 4.13. The number of carbonyl (C=O) groups excluding carboxylic acids is 1. The fourth-order valence-electron chi connectivity index (χ4n) is 0.814. The maximum Gasteiger partial charge on any atom is 0.357 e. The van der Waals surface area contributed by atoms with Crippen molar-refractivity contribution in [3.63, 3.8) is 0 Å². The molecule has 0 saturated carbocycles. The topological polar surface area (TPSA) is 39.2 Å². The van der Waals surface area contributed by atoms with Crippen molar-refractivity contribution in [3.8, 4) is 0 Å². The third-order valence-electron chi connectivity index (χ3n) is 1.27. The van der Waals surface area contributed by atoms with Gasteiger partial charge >= 0.3 is 5.97 Å². The van der Waals surface area contributed by atoms with Gasteiger partial charge in [-0.1, -0.05) is 6.07 Å². The molecule has 0 N–H and O–H groups in total. The fourth-order valence-corrected chi connectivity index (χ4v) is 0.814. The van der Waals surface area contributed by atoms with Gasteiger partial charge in [0.05, 0.1) is 0 Å². The summed E-state index contributed by atoms with van der Waals surface area (Å²) in [6.45, 7) is 5.48. The van der Waals surface area contributed by atoms with Crippen molar-refractivity contribution in [2.45, 2.75) is 26.4 Å². The smallest absolute Gasteiger partial charge is 0.357 e. The third-order valence-corrected chi connectivity index (χ3v) is 1.27. The van der Waals surface area contributed by atoms with Gasteiger partial charge in [0.2, 0.25) is 0 Å². The molecular formula is C10H14FNO2. The molecule has 0 saturated heterocycles. The summed E-state index contributed by atoms with van der Waals surface area (Å²) in [6.07, 6.45) is 1.57. The summed E-state index contributed by atoms with van der Waals surface area (Å²) in [5.74, 6) is -0.381. The van der Waals surface area contributed by atoms with Crippen molar-refractivity contribution < 1.29 is 14.2 Å². The van der Waals surface area contributed by atoms with E-state index in [1.54, 1.807) is 24.4 Å². The van der Waals surface area contributed by atoms with Crippen molar-refractivity contribution in [1.29, 1.82) is 0 Å². The molecular weight excluding hydrogens is 185 g/mol. The molecule has 78 valence electrons. The van der Waals surface area contributed by atoms with E-state index in [9.17, 15) is 4.79 Å². The fraction of sp³-hybridized carbons (Fsp3) is 0.400. The number of ether oxygens (including phenoxy) is 1. The van der Waals surface area contributed by atoms with Crippen LogP contribution in [0.25, 0.3) is 0 Å². The van der Waals surface area contributed by atoms with Crippen LogP contribution in [0.4, 0.5) is 4.70 Å². The molecule has 0 fully saturated rings. The SMILES string of the molecule is CC(C)(C)OC(=O)c1ccccn1.F. The second kappa shape index (κ2) is 4.69. The summed E-state index contributed by atoms with van der Waals surface area (Å²) in [6, 6.07) is 5.15. The molecule has 1 aromatic rings. The largest absolute Gasteiger partial charge is 0.455 e.